The van der Waals surface area contributed by atoms with Crippen molar-refractivity contribution in [3.8, 4) is 0 Å². The summed E-state index contributed by atoms with van der Waals surface area (Å²) in [5.74, 6) is -0.997. The molecule has 0 bridgehead atoms. The molecule has 0 aliphatic carbocycles. The highest BCUT2D eigenvalue weighted by atomic mass is 79.9. The minimum absolute atomic E-state index is 0.149. The Morgan fingerprint density at radius 2 is 2.27 bits per heavy atom. The van der Waals surface area contributed by atoms with E-state index in [1.54, 1.807) is 18.2 Å². The molecule has 4 heteroatoms. The second kappa shape index (κ2) is 5.56. The van der Waals surface area contributed by atoms with Gasteiger partial charge in [-0.05, 0) is 24.1 Å². The van der Waals surface area contributed by atoms with Crippen molar-refractivity contribution in [2.24, 2.45) is 0 Å². The first-order chi connectivity index (χ1) is 7.15. The van der Waals surface area contributed by atoms with E-state index >= 15 is 0 Å². The number of carbonyl (C=O) groups is 1. The van der Waals surface area contributed by atoms with Gasteiger partial charge in [-0.25, -0.2) is 4.79 Å². The smallest absolute Gasteiger partial charge is 0.337 e. The van der Waals surface area contributed by atoms with E-state index in [-0.39, 0.29) is 5.56 Å². The van der Waals surface area contributed by atoms with Gasteiger partial charge in [0.1, 0.15) is 0 Å². The lowest BCUT2D eigenvalue weighted by molar-refractivity contribution is 0.0698. The van der Waals surface area contributed by atoms with Crippen LogP contribution in [-0.4, -0.2) is 16.4 Å². The quantitative estimate of drug-likeness (QED) is 0.653. The second-order valence-electron chi connectivity index (χ2n) is 3.03. The third kappa shape index (κ3) is 3.40. The van der Waals surface area contributed by atoms with E-state index in [2.05, 4.69) is 15.9 Å². The molecule has 1 rings (SSSR count). The maximum absolute atomic E-state index is 10.8. The van der Waals surface area contributed by atoms with E-state index < -0.39 is 5.97 Å². The van der Waals surface area contributed by atoms with Crippen LogP contribution in [-0.2, 0) is 0 Å². The normalized spacial score (nSPS) is 10.7. The lowest BCUT2D eigenvalue weighted by Gasteiger charge is -2.01. The molecule has 0 fully saturated rings. The van der Waals surface area contributed by atoms with E-state index in [1.807, 2.05) is 12.2 Å². The summed E-state index contributed by atoms with van der Waals surface area (Å²) >= 11 is 3.31. The predicted octanol–water partition coefficient (Wildman–Crippen LogP) is 2.77. The molecule has 3 N–H and O–H groups in total. The van der Waals surface area contributed by atoms with Crippen molar-refractivity contribution in [1.82, 2.24) is 0 Å². The number of hydrogen-bond acceptors (Lipinski definition) is 2. The van der Waals surface area contributed by atoms with Gasteiger partial charge in [0.25, 0.3) is 0 Å². The Morgan fingerprint density at radius 1 is 1.53 bits per heavy atom. The largest absolute Gasteiger partial charge is 0.478 e. The Morgan fingerprint density at radius 3 is 2.87 bits per heavy atom. The molecular formula is C11H12BrNO2. The van der Waals surface area contributed by atoms with Gasteiger partial charge in [0.2, 0.25) is 0 Å². The Bertz CT molecular complexity index is 388. The molecule has 0 aliphatic rings. The summed E-state index contributed by atoms with van der Waals surface area (Å²) in [4.78, 5) is 10.8. The molecular weight excluding hydrogens is 258 g/mol. The number of nitrogen functional groups attached to an aromatic ring is 1. The van der Waals surface area contributed by atoms with Crippen LogP contribution in [0.4, 0.5) is 5.69 Å². The highest BCUT2D eigenvalue weighted by Gasteiger charge is 2.06. The molecule has 1 aromatic rings. The highest BCUT2D eigenvalue weighted by molar-refractivity contribution is 9.09. The van der Waals surface area contributed by atoms with E-state index in [0.717, 1.165) is 17.3 Å². The van der Waals surface area contributed by atoms with Crippen molar-refractivity contribution in [3.63, 3.8) is 0 Å². The van der Waals surface area contributed by atoms with Crippen molar-refractivity contribution >= 4 is 33.7 Å². The minimum atomic E-state index is -0.997. The number of allylic oxidation sites excluding steroid dienone is 1. The Balaban J connectivity index is 2.92. The van der Waals surface area contributed by atoms with Crippen LogP contribution in [0.3, 0.4) is 0 Å². The molecule has 0 saturated heterocycles. The molecule has 0 aromatic heterocycles. The van der Waals surface area contributed by atoms with Crippen LogP contribution in [0.15, 0.2) is 24.3 Å². The number of hydrogen-bond donors (Lipinski definition) is 2. The Kier molecular flexibility index (Phi) is 4.37. The fraction of sp³-hybridized carbons (Fsp3) is 0.182. The summed E-state index contributed by atoms with van der Waals surface area (Å²) in [7, 11) is 0. The van der Waals surface area contributed by atoms with Crippen molar-refractivity contribution in [3.05, 3.63) is 35.4 Å². The van der Waals surface area contributed by atoms with E-state index in [4.69, 9.17) is 10.8 Å². The number of halogens is 1. The molecule has 0 saturated carbocycles. The summed E-state index contributed by atoms with van der Waals surface area (Å²) in [5, 5.41) is 9.74. The molecule has 80 valence electrons. The van der Waals surface area contributed by atoms with Gasteiger partial charge in [-0.15, -0.1) is 0 Å². The standard InChI is InChI=1S/C11H12BrNO2/c12-6-2-1-3-8-4-5-10(13)9(7-8)11(14)15/h1,3-5,7H,2,6,13H2,(H,14,15). The van der Waals surface area contributed by atoms with E-state index in [1.165, 1.54) is 0 Å². The van der Waals surface area contributed by atoms with Crippen molar-refractivity contribution in [1.29, 1.82) is 0 Å². The Hall–Kier alpha value is -1.29. The number of carboxylic acids is 1. The highest BCUT2D eigenvalue weighted by Crippen LogP contribution is 2.15. The van der Waals surface area contributed by atoms with Crippen LogP contribution >= 0.6 is 15.9 Å². The van der Waals surface area contributed by atoms with Crippen LogP contribution < -0.4 is 5.73 Å². The van der Waals surface area contributed by atoms with Gasteiger partial charge >= 0.3 is 5.97 Å². The SMILES string of the molecule is Nc1ccc(C=CCCBr)cc1C(=O)O. The maximum atomic E-state index is 10.8. The first-order valence-electron chi connectivity index (χ1n) is 4.50. The summed E-state index contributed by atoms with van der Waals surface area (Å²) in [5.41, 5.74) is 6.82. The molecule has 0 atom stereocenters. The number of nitrogens with two attached hydrogens (primary N) is 1. The number of alkyl halides is 1. The average Bonchev–Trinajstić information content (AvgIpc) is 2.20. The van der Waals surface area contributed by atoms with Gasteiger partial charge < -0.3 is 10.8 Å². The molecule has 0 spiro atoms. The fourth-order valence-electron chi connectivity index (χ4n) is 1.15. The Labute approximate surface area is 96.7 Å². The third-order valence-corrected chi connectivity index (χ3v) is 2.35. The van der Waals surface area contributed by atoms with Gasteiger partial charge in [-0.1, -0.05) is 34.1 Å². The summed E-state index contributed by atoms with van der Waals surface area (Å²) < 4.78 is 0. The zero-order valence-corrected chi connectivity index (χ0v) is 9.70. The summed E-state index contributed by atoms with van der Waals surface area (Å²) in [6.45, 7) is 0. The van der Waals surface area contributed by atoms with E-state index in [0.29, 0.717) is 5.69 Å². The molecule has 15 heavy (non-hydrogen) atoms. The first-order valence-corrected chi connectivity index (χ1v) is 5.62. The molecule has 0 amide bonds. The molecule has 3 nitrogen and oxygen atoms in total. The van der Waals surface area contributed by atoms with Gasteiger partial charge in [0.05, 0.1) is 5.56 Å². The van der Waals surface area contributed by atoms with Crippen LogP contribution in [0.25, 0.3) is 6.08 Å². The molecule has 0 aliphatic heterocycles. The van der Waals surface area contributed by atoms with Crippen LogP contribution in [0, 0.1) is 0 Å². The second-order valence-corrected chi connectivity index (χ2v) is 3.82. The van der Waals surface area contributed by atoms with Crippen molar-refractivity contribution < 1.29 is 9.90 Å². The molecule has 0 radical (unpaired) electrons. The number of rotatable bonds is 4. The molecule has 0 unspecified atom stereocenters. The van der Waals surface area contributed by atoms with Crippen molar-refractivity contribution in [2.45, 2.75) is 6.42 Å². The topological polar surface area (TPSA) is 63.3 Å². The first kappa shape index (κ1) is 11.8. The van der Waals surface area contributed by atoms with Gasteiger partial charge in [0.15, 0.2) is 0 Å². The zero-order valence-electron chi connectivity index (χ0n) is 8.11. The van der Waals surface area contributed by atoms with Crippen LogP contribution in [0.1, 0.15) is 22.3 Å². The maximum Gasteiger partial charge on any atom is 0.337 e. The van der Waals surface area contributed by atoms with E-state index in [9.17, 15) is 4.79 Å². The van der Waals surface area contributed by atoms with Crippen LogP contribution in [0.2, 0.25) is 0 Å². The number of carboxylic acid groups (broad SMARTS) is 1. The fourth-order valence-corrected chi connectivity index (χ4v) is 1.41. The number of benzene rings is 1. The summed E-state index contributed by atoms with van der Waals surface area (Å²) in [6, 6.07) is 4.98. The van der Waals surface area contributed by atoms with Gasteiger partial charge in [-0.3, -0.25) is 0 Å². The zero-order chi connectivity index (χ0) is 11.3. The number of anilines is 1. The molecule has 0 heterocycles. The lowest BCUT2D eigenvalue weighted by Crippen LogP contribution is -2.02. The molecule has 1 aromatic carbocycles. The van der Waals surface area contributed by atoms with Gasteiger partial charge in [-0.2, -0.15) is 0 Å². The minimum Gasteiger partial charge on any atom is -0.478 e. The lowest BCUT2D eigenvalue weighted by atomic mass is 10.1. The van der Waals surface area contributed by atoms with Crippen LogP contribution in [0.5, 0.6) is 0 Å². The number of aromatic carboxylic acids is 1. The monoisotopic (exact) mass is 269 g/mol. The average molecular weight is 270 g/mol. The van der Waals surface area contributed by atoms with Crippen molar-refractivity contribution in [2.75, 3.05) is 11.1 Å². The summed E-state index contributed by atoms with van der Waals surface area (Å²) in [6.07, 6.45) is 4.77. The van der Waals surface area contributed by atoms with Gasteiger partial charge in [0, 0.05) is 11.0 Å². The third-order valence-electron chi connectivity index (χ3n) is 1.89. The predicted molar refractivity (Wildman–Crippen MR) is 65.3 cm³/mol.